The van der Waals surface area contributed by atoms with E-state index in [0.29, 0.717) is 6.04 Å². The average molecular weight is 186 g/mol. The molecule has 0 aromatic heterocycles. The second kappa shape index (κ2) is 5.61. The number of nitrogens with zero attached hydrogens (tertiary/aromatic N) is 1. The van der Waals surface area contributed by atoms with Crippen LogP contribution in [0.5, 0.6) is 0 Å². The first-order valence-corrected chi connectivity index (χ1v) is 5.52. The van der Waals surface area contributed by atoms with Gasteiger partial charge in [0.2, 0.25) is 0 Å². The van der Waals surface area contributed by atoms with E-state index in [1.165, 1.54) is 0 Å². The number of hydrogen-bond donors (Lipinski definition) is 1. The van der Waals surface area contributed by atoms with Gasteiger partial charge in [0.25, 0.3) is 0 Å². The summed E-state index contributed by atoms with van der Waals surface area (Å²) in [5.41, 5.74) is 6.28. The van der Waals surface area contributed by atoms with Crippen LogP contribution < -0.4 is 5.73 Å². The SMILES string of the molecule is CCN(CC(N)(CC)CC)C(C)C. The normalized spacial score (nSPS) is 12.9. The molecule has 0 aromatic rings. The molecule has 0 radical (unpaired) electrons. The van der Waals surface area contributed by atoms with E-state index >= 15 is 0 Å². The molecule has 0 aliphatic heterocycles. The Morgan fingerprint density at radius 2 is 1.62 bits per heavy atom. The zero-order chi connectivity index (χ0) is 10.5. The number of likely N-dealkylation sites (N-methyl/N-ethyl adjacent to an activating group) is 1. The number of hydrogen-bond acceptors (Lipinski definition) is 2. The Bertz CT molecular complexity index is 128. The van der Waals surface area contributed by atoms with Crippen LogP contribution in [0.4, 0.5) is 0 Å². The summed E-state index contributed by atoms with van der Waals surface area (Å²) < 4.78 is 0. The molecule has 0 saturated carbocycles. The quantitative estimate of drug-likeness (QED) is 0.689. The lowest BCUT2D eigenvalue weighted by molar-refractivity contribution is 0.171. The maximum atomic E-state index is 6.27. The van der Waals surface area contributed by atoms with E-state index in [1.807, 2.05) is 0 Å². The minimum Gasteiger partial charge on any atom is -0.324 e. The van der Waals surface area contributed by atoms with E-state index in [-0.39, 0.29) is 5.54 Å². The summed E-state index contributed by atoms with van der Waals surface area (Å²) in [6.07, 6.45) is 2.12. The molecule has 0 bridgehead atoms. The van der Waals surface area contributed by atoms with E-state index in [2.05, 4.69) is 39.5 Å². The molecule has 0 aliphatic rings. The minimum absolute atomic E-state index is 0.0142. The molecule has 80 valence electrons. The van der Waals surface area contributed by atoms with E-state index in [9.17, 15) is 0 Å². The second-order valence-electron chi connectivity index (χ2n) is 4.23. The van der Waals surface area contributed by atoms with E-state index in [1.54, 1.807) is 0 Å². The van der Waals surface area contributed by atoms with Crippen molar-refractivity contribution in [2.45, 2.75) is 59.0 Å². The van der Waals surface area contributed by atoms with Crippen molar-refractivity contribution in [1.29, 1.82) is 0 Å². The highest BCUT2D eigenvalue weighted by atomic mass is 15.2. The molecule has 0 atom stereocenters. The van der Waals surface area contributed by atoms with Crippen LogP contribution in [-0.2, 0) is 0 Å². The third kappa shape index (κ3) is 4.10. The highest BCUT2D eigenvalue weighted by Crippen LogP contribution is 2.14. The highest BCUT2D eigenvalue weighted by Gasteiger charge is 2.24. The van der Waals surface area contributed by atoms with Crippen LogP contribution in [0.2, 0.25) is 0 Å². The molecule has 2 nitrogen and oxygen atoms in total. The minimum atomic E-state index is 0.0142. The molecular formula is C11H26N2. The summed E-state index contributed by atoms with van der Waals surface area (Å²) in [6.45, 7) is 13.1. The molecule has 0 unspecified atom stereocenters. The van der Waals surface area contributed by atoms with Gasteiger partial charge in [0.1, 0.15) is 0 Å². The zero-order valence-corrected chi connectivity index (χ0v) is 9.93. The summed E-state index contributed by atoms with van der Waals surface area (Å²) >= 11 is 0. The van der Waals surface area contributed by atoms with Gasteiger partial charge >= 0.3 is 0 Å². The van der Waals surface area contributed by atoms with Crippen molar-refractivity contribution in [2.24, 2.45) is 5.73 Å². The van der Waals surface area contributed by atoms with Crippen molar-refractivity contribution in [3.8, 4) is 0 Å². The van der Waals surface area contributed by atoms with E-state index in [4.69, 9.17) is 5.73 Å². The third-order valence-corrected chi connectivity index (χ3v) is 3.06. The largest absolute Gasteiger partial charge is 0.324 e. The molecule has 0 aliphatic carbocycles. The Hall–Kier alpha value is -0.0800. The smallest absolute Gasteiger partial charge is 0.0278 e. The van der Waals surface area contributed by atoms with Crippen LogP contribution >= 0.6 is 0 Å². The van der Waals surface area contributed by atoms with Gasteiger partial charge in [-0.2, -0.15) is 0 Å². The van der Waals surface area contributed by atoms with Crippen LogP contribution in [0.3, 0.4) is 0 Å². The lowest BCUT2D eigenvalue weighted by Crippen LogP contribution is -2.51. The Kier molecular flexibility index (Phi) is 5.57. The summed E-state index contributed by atoms with van der Waals surface area (Å²) in [7, 11) is 0. The van der Waals surface area contributed by atoms with Crippen LogP contribution in [0, 0.1) is 0 Å². The fourth-order valence-corrected chi connectivity index (χ4v) is 1.54. The lowest BCUT2D eigenvalue weighted by atomic mass is 9.93. The maximum Gasteiger partial charge on any atom is 0.0278 e. The van der Waals surface area contributed by atoms with E-state index in [0.717, 1.165) is 25.9 Å². The monoisotopic (exact) mass is 186 g/mol. The first kappa shape index (κ1) is 12.9. The summed E-state index contributed by atoms with van der Waals surface area (Å²) in [5, 5.41) is 0. The Labute approximate surface area is 83.5 Å². The van der Waals surface area contributed by atoms with Crippen LogP contribution in [0.1, 0.15) is 47.5 Å². The van der Waals surface area contributed by atoms with Gasteiger partial charge < -0.3 is 5.73 Å². The maximum absolute atomic E-state index is 6.27. The molecular weight excluding hydrogens is 160 g/mol. The van der Waals surface area contributed by atoms with Crippen LogP contribution in [-0.4, -0.2) is 29.6 Å². The molecule has 0 rings (SSSR count). The molecule has 0 aromatic carbocycles. The third-order valence-electron chi connectivity index (χ3n) is 3.06. The number of nitrogens with two attached hydrogens (primary N) is 1. The predicted molar refractivity (Wildman–Crippen MR) is 59.9 cm³/mol. The Morgan fingerprint density at radius 1 is 1.15 bits per heavy atom. The lowest BCUT2D eigenvalue weighted by Gasteiger charge is -2.35. The molecule has 0 spiro atoms. The molecule has 0 amide bonds. The van der Waals surface area contributed by atoms with Gasteiger partial charge in [-0.05, 0) is 33.2 Å². The first-order valence-electron chi connectivity index (χ1n) is 5.52. The topological polar surface area (TPSA) is 29.3 Å². The van der Waals surface area contributed by atoms with Crippen molar-refractivity contribution in [1.82, 2.24) is 4.90 Å². The molecule has 2 heteroatoms. The van der Waals surface area contributed by atoms with Gasteiger partial charge in [-0.15, -0.1) is 0 Å². The predicted octanol–water partition coefficient (Wildman–Crippen LogP) is 2.23. The van der Waals surface area contributed by atoms with Gasteiger partial charge in [0.15, 0.2) is 0 Å². The fourth-order valence-electron chi connectivity index (χ4n) is 1.54. The van der Waals surface area contributed by atoms with Crippen molar-refractivity contribution < 1.29 is 0 Å². The van der Waals surface area contributed by atoms with Gasteiger partial charge in [-0.25, -0.2) is 0 Å². The summed E-state index contributed by atoms with van der Waals surface area (Å²) in [6, 6.07) is 0.603. The van der Waals surface area contributed by atoms with Gasteiger partial charge in [-0.1, -0.05) is 20.8 Å². The highest BCUT2D eigenvalue weighted by molar-refractivity contribution is 4.85. The fraction of sp³-hybridized carbons (Fsp3) is 1.00. The van der Waals surface area contributed by atoms with Gasteiger partial charge in [0.05, 0.1) is 0 Å². The van der Waals surface area contributed by atoms with Crippen molar-refractivity contribution >= 4 is 0 Å². The Morgan fingerprint density at radius 3 is 1.85 bits per heavy atom. The zero-order valence-electron chi connectivity index (χ0n) is 9.93. The molecule has 2 N–H and O–H groups in total. The Balaban J connectivity index is 4.19. The van der Waals surface area contributed by atoms with Gasteiger partial charge in [0, 0.05) is 18.1 Å². The van der Waals surface area contributed by atoms with Crippen LogP contribution in [0.25, 0.3) is 0 Å². The van der Waals surface area contributed by atoms with Crippen molar-refractivity contribution in [2.75, 3.05) is 13.1 Å². The summed E-state index contributed by atoms with van der Waals surface area (Å²) in [4.78, 5) is 2.44. The van der Waals surface area contributed by atoms with Gasteiger partial charge in [-0.3, -0.25) is 4.90 Å². The molecule has 13 heavy (non-hydrogen) atoms. The van der Waals surface area contributed by atoms with Crippen molar-refractivity contribution in [3.05, 3.63) is 0 Å². The summed E-state index contributed by atoms with van der Waals surface area (Å²) in [5.74, 6) is 0. The standard InChI is InChI=1S/C11H26N2/c1-6-11(12,7-2)9-13(8-3)10(4)5/h10H,6-9,12H2,1-5H3. The molecule has 0 saturated heterocycles. The second-order valence-corrected chi connectivity index (χ2v) is 4.23. The molecule has 0 heterocycles. The molecule has 0 fully saturated rings. The number of rotatable bonds is 6. The van der Waals surface area contributed by atoms with E-state index < -0.39 is 0 Å². The first-order chi connectivity index (χ1) is 5.99. The van der Waals surface area contributed by atoms with Crippen molar-refractivity contribution in [3.63, 3.8) is 0 Å². The average Bonchev–Trinajstić information content (AvgIpc) is 2.13. The van der Waals surface area contributed by atoms with Crippen LogP contribution in [0.15, 0.2) is 0 Å².